The lowest BCUT2D eigenvalue weighted by atomic mass is 10.0. The highest BCUT2D eigenvalue weighted by Crippen LogP contribution is 2.29. The van der Waals surface area contributed by atoms with E-state index in [1.165, 1.54) is 15.6 Å². The highest BCUT2D eigenvalue weighted by Gasteiger charge is 2.32. The average Bonchev–Trinajstić information content (AvgIpc) is 3.45. The first-order valence-corrected chi connectivity index (χ1v) is 15.8. The van der Waals surface area contributed by atoms with Crippen molar-refractivity contribution in [3.05, 3.63) is 41.3 Å². The highest BCUT2D eigenvalue weighted by atomic mass is 32.2. The second-order valence-electron chi connectivity index (χ2n) is 10.6. The third-order valence-electron chi connectivity index (χ3n) is 7.15. The number of nitrogens with zero attached hydrogens (tertiary/aromatic N) is 3. The highest BCUT2D eigenvalue weighted by molar-refractivity contribution is 7.91. The third-order valence-corrected chi connectivity index (χ3v) is 10.3. The van der Waals surface area contributed by atoms with Crippen molar-refractivity contribution in [2.45, 2.75) is 62.5 Å². The number of aliphatic hydroxyl groups excluding tert-OH is 1. The molecular weight excluding hydrogens is 538 g/mol. The average molecular weight is 582 g/mol. The molecule has 0 saturated carbocycles. The number of ether oxygens (including phenoxy) is 2. The van der Waals surface area contributed by atoms with Crippen molar-refractivity contribution >= 4 is 33.0 Å². The summed E-state index contributed by atoms with van der Waals surface area (Å²) in [4.78, 5) is 17.6. The number of anilines is 1. The van der Waals surface area contributed by atoms with Gasteiger partial charge in [0.25, 0.3) is 15.9 Å². The number of sulfonamides is 1. The Labute approximate surface area is 237 Å². The lowest BCUT2D eigenvalue weighted by Gasteiger charge is -2.35. The van der Waals surface area contributed by atoms with Gasteiger partial charge in [0.15, 0.2) is 0 Å². The molecule has 0 bridgehead atoms. The van der Waals surface area contributed by atoms with Crippen molar-refractivity contribution in [3.63, 3.8) is 0 Å². The van der Waals surface area contributed by atoms with Crippen LogP contribution >= 0.6 is 11.3 Å². The fraction of sp³-hybridized carbons (Fsp3) is 0.607. The number of thiophene rings is 1. The zero-order valence-corrected chi connectivity index (χ0v) is 25.5. The summed E-state index contributed by atoms with van der Waals surface area (Å²) in [5.41, 5.74) is 1.30. The Morgan fingerprint density at radius 3 is 2.56 bits per heavy atom. The number of carbonyl (C=O) groups excluding carboxylic acids is 1. The van der Waals surface area contributed by atoms with Crippen LogP contribution in [0.2, 0.25) is 0 Å². The van der Waals surface area contributed by atoms with Crippen molar-refractivity contribution in [3.8, 4) is 5.75 Å². The molecule has 1 aliphatic heterocycles. The summed E-state index contributed by atoms with van der Waals surface area (Å²) in [7, 11) is 1.74. The molecule has 1 aliphatic rings. The Morgan fingerprint density at radius 2 is 1.92 bits per heavy atom. The molecule has 0 fully saturated rings. The van der Waals surface area contributed by atoms with E-state index in [9.17, 15) is 18.3 Å². The van der Waals surface area contributed by atoms with Crippen molar-refractivity contribution in [1.29, 1.82) is 0 Å². The van der Waals surface area contributed by atoms with Gasteiger partial charge in [-0.3, -0.25) is 4.79 Å². The summed E-state index contributed by atoms with van der Waals surface area (Å²) in [6.45, 7) is 6.44. The molecule has 11 heteroatoms. The van der Waals surface area contributed by atoms with Gasteiger partial charge in [-0.05, 0) is 62.8 Å². The summed E-state index contributed by atoms with van der Waals surface area (Å²) >= 11 is 1.18. The van der Waals surface area contributed by atoms with Crippen LogP contribution in [0.3, 0.4) is 0 Å². The van der Waals surface area contributed by atoms with E-state index in [4.69, 9.17) is 9.47 Å². The Hall–Kier alpha value is -2.18. The number of rotatable bonds is 7. The van der Waals surface area contributed by atoms with E-state index in [-0.39, 0.29) is 41.8 Å². The summed E-state index contributed by atoms with van der Waals surface area (Å²) in [5, 5.41) is 11.8. The number of hydrogen-bond acceptors (Lipinski definition) is 8. The van der Waals surface area contributed by atoms with Gasteiger partial charge in [0.2, 0.25) is 0 Å². The predicted molar refractivity (Wildman–Crippen MR) is 155 cm³/mol. The second-order valence-corrected chi connectivity index (χ2v) is 13.8. The monoisotopic (exact) mass is 581 g/mol. The van der Waals surface area contributed by atoms with Crippen LogP contribution in [-0.4, -0.2) is 94.3 Å². The number of carbonyl (C=O) groups is 1. The quantitative estimate of drug-likeness (QED) is 0.529. The van der Waals surface area contributed by atoms with Gasteiger partial charge in [0.05, 0.1) is 30.4 Å². The van der Waals surface area contributed by atoms with Crippen LogP contribution in [0.5, 0.6) is 5.75 Å². The van der Waals surface area contributed by atoms with Crippen molar-refractivity contribution in [1.82, 2.24) is 9.21 Å². The van der Waals surface area contributed by atoms with Gasteiger partial charge in [-0.1, -0.05) is 13.0 Å². The molecule has 0 unspecified atom stereocenters. The van der Waals surface area contributed by atoms with Gasteiger partial charge in [0.1, 0.15) is 9.96 Å². The first-order chi connectivity index (χ1) is 18.4. The first kappa shape index (κ1) is 31.3. The predicted octanol–water partition coefficient (Wildman–Crippen LogP) is 3.93. The minimum absolute atomic E-state index is 0.106. The number of hydrogen-bond donors (Lipinski definition) is 1. The van der Waals surface area contributed by atoms with Gasteiger partial charge < -0.3 is 24.4 Å². The van der Waals surface area contributed by atoms with Gasteiger partial charge in [-0.2, -0.15) is 4.31 Å². The van der Waals surface area contributed by atoms with Crippen molar-refractivity contribution in [2.75, 3.05) is 52.3 Å². The van der Waals surface area contributed by atoms with Crippen molar-refractivity contribution < 1.29 is 27.8 Å². The first-order valence-electron chi connectivity index (χ1n) is 13.5. The molecule has 1 aromatic carbocycles. The molecule has 1 N–H and O–H groups in total. The normalized spacial score (nSPS) is 22.6. The van der Waals surface area contributed by atoms with Gasteiger partial charge in [-0.25, -0.2) is 8.42 Å². The molecule has 0 spiro atoms. The van der Waals surface area contributed by atoms with Crippen LogP contribution in [0.15, 0.2) is 39.9 Å². The molecule has 0 aliphatic carbocycles. The van der Waals surface area contributed by atoms with Crippen LogP contribution < -0.4 is 9.64 Å². The van der Waals surface area contributed by atoms with E-state index < -0.39 is 22.2 Å². The number of likely N-dealkylation sites (N-methyl/N-ethyl adjacent to an activating group) is 1. The summed E-state index contributed by atoms with van der Waals surface area (Å²) in [6, 6.07) is 8.45. The molecule has 9 nitrogen and oxygen atoms in total. The fourth-order valence-corrected chi connectivity index (χ4v) is 6.95. The van der Waals surface area contributed by atoms with E-state index in [1.54, 1.807) is 36.4 Å². The fourth-order valence-electron chi connectivity index (χ4n) is 4.57. The number of aliphatic hydroxyl groups is 1. The number of benzene rings is 1. The van der Waals surface area contributed by atoms with Crippen LogP contribution in [0, 0.1) is 5.92 Å². The van der Waals surface area contributed by atoms with Crippen molar-refractivity contribution in [2.24, 2.45) is 5.92 Å². The molecule has 4 atom stereocenters. The molecule has 2 aromatic rings. The third kappa shape index (κ3) is 7.94. The van der Waals surface area contributed by atoms with E-state index >= 15 is 0 Å². The molecule has 0 saturated heterocycles. The molecule has 39 heavy (non-hydrogen) atoms. The zero-order chi connectivity index (χ0) is 28.7. The van der Waals surface area contributed by atoms with E-state index in [1.807, 2.05) is 51.0 Å². The lowest BCUT2D eigenvalue weighted by molar-refractivity contribution is -0.00832. The summed E-state index contributed by atoms with van der Waals surface area (Å²) in [6.07, 6.45) is 1.91. The van der Waals surface area contributed by atoms with E-state index in [0.717, 1.165) is 24.9 Å². The molecule has 3 rings (SSSR count). The minimum Gasteiger partial charge on any atom is -0.490 e. The van der Waals surface area contributed by atoms with E-state index in [2.05, 4.69) is 0 Å². The molecule has 218 valence electrons. The Bertz CT molecular complexity index is 1170. The number of fused-ring (bicyclic) bond motifs is 1. The largest absolute Gasteiger partial charge is 0.490 e. The molecular formula is C28H43N3O6S2. The lowest BCUT2D eigenvalue weighted by Crippen LogP contribution is -2.48. The molecule has 2 heterocycles. The number of amides is 1. The SMILES string of the molecule is C[C@@H]1CCCCO[C@H](CN(C)S(=O)(=O)c2cccs2)[C@H](C)CN([C@H](C)CO)C(=O)c2cc(N(C)C)ccc2O1. The van der Waals surface area contributed by atoms with E-state index in [0.29, 0.717) is 17.9 Å². The van der Waals surface area contributed by atoms with Crippen LogP contribution in [0.4, 0.5) is 5.69 Å². The summed E-state index contributed by atoms with van der Waals surface area (Å²) < 4.78 is 40.4. The zero-order valence-electron chi connectivity index (χ0n) is 23.9. The maximum absolute atomic E-state index is 14.0. The molecule has 1 aromatic heterocycles. The standard InChI is InChI=1S/C28H43N3O6S2/c1-20-17-31(21(2)19-32)28(33)24-16-23(29(4)5)12-13-25(24)37-22(3)10-7-8-14-36-26(20)18-30(6)39(34,35)27-11-9-15-38-27/h9,11-13,15-16,20-22,26,32H,7-8,10,14,17-19H2,1-6H3/t20-,21-,22-,26-/m1/s1. The molecule has 0 radical (unpaired) electrons. The Morgan fingerprint density at radius 1 is 1.18 bits per heavy atom. The summed E-state index contributed by atoms with van der Waals surface area (Å²) in [5.74, 6) is 0.0596. The topological polar surface area (TPSA) is 99.6 Å². The maximum Gasteiger partial charge on any atom is 0.258 e. The molecule has 1 amide bonds. The van der Waals surface area contributed by atoms with Gasteiger partial charge in [-0.15, -0.1) is 11.3 Å². The van der Waals surface area contributed by atoms with Crippen LogP contribution in [-0.2, 0) is 14.8 Å². The maximum atomic E-state index is 14.0. The van der Waals surface area contributed by atoms with Crippen LogP contribution in [0.25, 0.3) is 0 Å². The Kier molecular flexibility index (Phi) is 11.2. The van der Waals surface area contributed by atoms with Crippen LogP contribution in [0.1, 0.15) is 50.4 Å². The minimum atomic E-state index is -3.65. The smallest absolute Gasteiger partial charge is 0.258 e. The second kappa shape index (κ2) is 13.9. The van der Waals surface area contributed by atoms with Gasteiger partial charge in [0, 0.05) is 52.4 Å². The Balaban J connectivity index is 1.96. The van der Waals surface area contributed by atoms with Gasteiger partial charge >= 0.3 is 0 Å².